The fourth-order valence-corrected chi connectivity index (χ4v) is 4.10. The maximum Gasteiger partial charge on any atom is 0.302 e. The van der Waals surface area contributed by atoms with Gasteiger partial charge in [-0.2, -0.15) is 8.42 Å². The zero-order chi connectivity index (χ0) is 19.4. The first-order valence-corrected chi connectivity index (χ1v) is 10.2. The lowest BCUT2D eigenvalue weighted by Crippen LogP contribution is -2.39. The maximum absolute atomic E-state index is 11.4. The fraction of sp³-hybridized carbons (Fsp3) is 0.611. The van der Waals surface area contributed by atoms with Crippen molar-refractivity contribution in [3.05, 3.63) is 23.8 Å². The van der Waals surface area contributed by atoms with Crippen molar-refractivity contribution in [2.45, 2.75) is 44.1 Å². The normalized spacial score (nSPS) is 23.3. The molecule has 0 saturated heterocycles. The molecule has 0 radical (unpaired) electrons. The van der Waals surface area contributed by atoms with Crippen LogP contribution in [0.25, 0.3) is 0 Å². The van der Waals surface area contributed by atoms with Crippen LogP contribution in [0.15, 0.2) is 18.2 Å². The van der Waals surface area contributed by atoms with E-state index >= 15 is 0 Å². The summed E-state index contributed by atoms with van der Waals surface area (Å²) in [5, 5.41) is 0. The van der Waals surface area contributed by atoms with Crippen LogP contribution in [0.5, 0.6) is 11.5 Å². The minimum Gasteiger partial charge on any atom is -0.493 e. The van der Waals surface area contributed by atoms with Crippen LogP contribution >= 0.6 is 0 Å². The Labute approximate surface area is 154 Å². The lowest BCUT2D eigenvalue weighted by Gasteiger charge is -2.39. The standard InChI is InChI=1S/C18H26O7S/c1-13(19)24-12-18(9-7-15(8-10-18)25-26(4,20)21)14-5-6-16(22-2)17(11-14)23-3/h5-6,11,15H,7-10,12H2,1-4H3. The number of hydrogen-bond donors (Lipinski definition) is 0. The van der Waals surface area contributed by atoms with Crippen molar-refractivity contribution in [1.82, 2.24) is 0 Å². The highest BCUT2D eigenvalue weighted by molar-refractivity contribution is 7.86. The van der Waals surface area contributed by atoms with Crippen LogP contribution in [0.1, 0.15) is 38.2 Å². The van der Waals surface area contributed by atoms with Crippen molar-refractivity contribution >= 4 is 16.1 Å². The number of carbonyl (C=O) groups excluding carboxylic acids is 1. The molecular weight excluding hydrogens is 360 g/mol. The summed E-state index contributed by atoms with van der Waals surface area (Å²) in [5.74, 6) is 0.869. The number of ether oxygens (including phenoxy) is 3. The number of esters is 1. The van der Waals surface area contributed by atoms with Gasteiger partial charge in [-0.1, -0.05) is 6.07 Å². The summed E-state index contributed by atoms with van der Waals surface area (Å²) in [4.78, 5) is 11.4. The molecule has 0 spiro atoms. The number of carbonyl (C=O) groups is 1. The Morgan fingerprint density at radius 3 is 2.27 bits per heavy atom. The van der Waals surface area contributed by atoms with Crippen LogP contribution in [0.4, 0.5) is 0 Å². The molecule has 0 unspecified atom stereocenters. The monoisotopic (exact) mass is 386 g/mol. The van der Waals surface area contributed by atoms with E-state index in [-0.39, 0.29) is 18.7 Å². The van der Waals surface area contributed by atoms with Crippen molar-refractivity contribution in [3.63, 3.8) is 0 Å². The van der Waals surface area contributed by atoms with Gasteiger partial charge in [0.15, 0.2) is 11.5 Å². The molecule has 1 aliphatic rings. The Bertz CT molecular complexity index is 734. The van der Waals surface area contributed by atoms with Crippen LogP contribution in [-0.2, 0) is 29.2 Å². The molecular formula is C18H26O7S. The molecule has 0 aromatic heterocycles. The van der Waals surface area contributed by atoms with Gasteiger partial charge in [0, 0.05) is 12.3 Å². The molecule has 7 nitrogen and oxygen atoms in total. The van der Waals surface area contributed by atoms with E-state index in [2.05, 4.69) is 0 Å². The molecule has 1 fully saturated rings. The summed E-state index contributed by atoms with van der Waals surface area (Å²) in [6.07, 6.45) is 3.09. The van der Waals surface area contributed by atoms with Gasteiger partial charge >= 0.3 is 5.97 Å². The summed E-state index contributed by atoms with van der Waals surface area (Å²) in [7, 11) is -0.357. The lowest BCUT2D eigenvalue weighted by molar-refractivity contribution is -0.143. The van der Waals surface area contributed by atoms with Crippen molar-refractivity contribution in [1.29, 1.82) is 0 Å². The minimum absolute atomic E-state index is 0.226. The molecule has 1 aliphatic carbocycles. The van der Waals surface area contributed by atoms with Crippen LogP contribution in [-0.4, -0.2) is 47.6 Å². The molecule has 2 rings (SSSR count). The van der Waals surface area contributed by atoms with Crippen molar-refractivity contribution in [2.24, 2.45) is 0 Å². The van der Waals surface area contributed by atoms with E-state index in [0.29, 0.717) is 37.2 Å². The Balaban J connectivity index is 2.28. The van der Waals surface area contributed by atoms with Gasteiger partial charge in [-0.05, 0) is 43.4 Å². The SMILES string of the molecule is COc1ccc(C2(COC(C)=O)CCC(OS(C)(=O)=O)CC2)cc1OC. The van der Waals surface area contributed by atoms with Crippen LogP contribution in [0.2, 0.25) is 0 Å². The summed E-state index contributed by atoms with van der Waals surface area (Å²) in [6.45, 7) is 1.60. The molecule has 1 aromatic carbocycles. The third-order valence-electron chi connectivity index (χ3n) is 4.75. The first-order valence-electron chi connectivity index (χ1n) is 8.43. The van der Waals surface area contributed by atoms with Gasteiger partial charge in [0.05, 0.1) is 26.6 Å². The van der Waals surface area contributed by atoms with Gasteiger partial charge < -0.3 is 14.2 Å². The first kappa shape index (κ1) is 20.5. The van der Waals surface area contributed by atoms with Crippen LogP contribution < -0.4 is 9.47 Å². The quantitative estimate of drug-likeness (QED) is 0.525. The summed E-state index contributed by atoms with van der Waals surface area (Å²) in [5.41, 5.74) is 0.553. The predicted molar refractivity (Wildman–Crippen MR) is 96.0 cm³/mol. The molecule has 8 heteroatoms. The number of rotatable bonds is 7. The zero-order valence-electron chi connectivity index (χ0n) is 15.6. The topological polar surface area (TPSA) is 88.1 Å². The average Bonchev–Trinajstić information content (AvgIpc) is 2.59. The Morgan fingerprint density at radius 1 is 1.15 bits per heavy atom. The summed E-state index contributed by atoms with van der Waals surface area (Å²) in [6, 6.07) is 5.64. The zero-order valence-corrected chi connectivity index (χ0v) is 16.4. The average molecular weight is 386 g/mol. The van der Waals surface area contributed by atoms with Crippen molar-refractivity contribution < 1.29 is 31.6 Å². The third-order valence-corrected chi connectivity index (χ3v) is 5.37. The highest BCUT2D eigenvalue weighted by Crippen LogP contribution is 2.43. The van der Waals surface area contributed by atoms with Crippen molar-refractivity contribution in [3.8, 4) is 11.5 Å². The van der Waals surface area contributed by atoms with E-state index in [4.69, 9.17) is 18.4 Å². The molecule has 0 N–H and O–H groups in total. The highest BCUT2D eigenvalue weighted by atomic mass is 32.2. The van der Waals surface area contributed by atoms with E-state index in [0.717, 1.165) is 11.8 Å². The fourth-order valence-electron chi connectivity index (χ4n) is 3.41. The second-order valence-electron chi connectivity index (χ2n) is 6.63. The highest BCUT2D eigenvalue weighted by Gasteiger charge is 2.39. The lowest BCUT2D eigenvalue weighted by atomic mass is 9.69. The maximum atomic E-state index is 11.4. The second-order valence-corrected chi connectivity index (χ2v) is 8.23. The predicted octanol–water partition coefficient (Wildman–Crippen LogP) is 2.42. The number of benzene rings is 1. The second kappa shape index (κ2) is 8.26. The minimum atomic E-state index is -3.49. The Morgan fingerprint density at radius 2 is 1.77 bits per heavy atom. The molecule has 0 heterocycles. The number of methoxy groups -OCH3 is 2. The van der Waals surface area contributed by atoms with Crippen LogP contribution in [0.3, 0.4) is 0 Å². The van der Waals surface area contributed by atoms with Gasteiger partial charge in [-0.15, -0.1) is 0 Å². The Hall–Kier alpha value is -1.80. The summed E-state index contributed by atoms with van der Waals surface area (Å²) < 4.78 is 43.9. The molecule has 0 amide bonds. The van der Waals surface area contributed by atoms with Crippen molar-refractivity contribution in [2.75, 3.05) is 27.1 Å². The van der Waals surface area contributed by atoms with E-state index in [1.165, 1.54) is 6.92 Å². The number of hydrogen-bond acceptors (Lipinski definition) is 7. The largest absolute Gasteiger partial charge is 0.493 e. The third kappa shape index (κ3) is 5.11. The molecule has 0 atom stereocenters. The molecule has 0 bridgehead atoms. The van der Waals surface area contributed by atoms with Crippen LogP contribution in [0, 0.1) is 0 Å². The molecule has 26 heavy (non-hydrogen) atoms. The van der Waals surface area contributed by atoms with Gasteiger partial charge in [0.1, 0.15) is 6.61 Å². The molecule has 0 aliphatic heterocycles. The van der Waals surface area contributed by atoms with Gasteiger partial charge in [0.25, 0.3) is 10.1 Å². The summed E-state index contributed by atoms with van der Waals surface area (Å²) >= 11 is 0. The van der Waals surface area contributed by atoms with E-state index < -0.39 is 15.5 Å². The van der Waals surface area contributed by atoms with E-state index in [1.54, 1.807) is 14.2 Å². The molecule has 1 aromatic rings. The van der Waals surface area contributed by atoms with E-state index in [1.807, 2.05) is 18.2 Å². The van der Waals surface area contributed by atoms with Gasteiger partial charge in [-0.3, -0.25) is 8.98 Å². The smallest absolute Gasteiger partial charge is 0.302 e. The van der Waals surface area contributed by atoms with E-state index in [9.17, 15) is 13.2 Å². The molecule has 146 valence electrons. The Kier molecular flexibility index (Phi) is 6.52. The van der Waals surface area contributed by atoms with Gasteiger partial charge in [0.2, 0.25) is 0 Å². The first-order chi connectivity index (χ1) is 12.2. The van der Waals surface area contributed by atoms with Gasteiger partial charge in [-0.25, -0.2) is 0 Å². The molecule has 1 saturated carbocycles.